The van der Waals surface area contributed by atoms with Gasteiger partial charge in [-0.25, -0.2) is 10.4 Å². The number of anilines is 1. The first kappa shape index (κ1) is 15.6. The molecule has 3 rings (SSSR count). The second kappa shape index (κ2) is 6.89. The van der Waals surface area contributed by atoms with Crippen molar-refractivity contribution in [3.8, 4) is 11.3 Å². The van der Waals surface area contributed by atoms with Crippen LogP contribution in [0.15, 0.2) is 62.2 Å². The Balaban J connectivity index is 1.86. The van der Waals surface area contributed by atoms with Gasteiger partial charge in [0.05, 0.1) is 20.1 Å². The lowest BCUT2D eigenvalue weighted by Gasteiger charge is -2.04. The molecular formula is C16H13BrN4OS. The van der Waals surface area contributed by atoms with E-state index in [1.165, 1.54) is 6.07 Å². The largest absolute Gasteiger partial charge is 0.291 e. The van der Waals surface area contributed by atoms with Gasteiger partial charge in [-0.3, -0.25) is 9.78 Å². The Morgan fingerprint density at radius 1 is 1.26 bits per heavy atom. The molecule has 0 aliphatic heterocycles. The monoisotopic (exact) mass is 388 g/mol. The van der Waals surface area contributed by atoms with Gasteiger partial charge in [0.2, 0.25) is 5.95 Å². The molecule has 0 spiro atoms. The summed E-state index contributed by atoms with van der Waals surface area (Å²) in [5.41, 5.74) is 4.88. The predicted octanol–water partition coefficient (Wildman–Crippen LogP) is 4.10. The number of H-pyrrole nitrogens is 1. The Kier molecular flexibility index (Phi) is 4.68. The molecule has 0 aliphatic rings. The molecule has 5 nitrogen and oxygen atoms in total. The number of halogens is 1. The van der Waals surface area contributed by atoms with Crippen LogP contribution in [0.4, 0.5) is 5.95 Å². The summed E-state index contributed by atoms with van der Waals surface area (Å²) in [6, 6.07) is 15.0. The van der Waals surface area contributed by atoms with Crippen molar-refractivity contribution < 1.29 is 0 Å². The Labute approximate surface area is 145 Å². The Hall–Kier alpha value is -2.25. The number of hydrazone groups is 1. The van der Waals surface area contributed by atoms with Gasteiger partial charge in [0.1, 0.15) is 0 Å². The van der Waals surface area contributed by atoms with E-state index >= 15 is 0 Å². The van der Waals surface area contributed by atoms with Gasteiger partial charge >= 0.3 is 0 Å². The standard InChI is InChI=1S/C16H13BrN4OS/c1-10(13-7-8-14(17)23-13)20-21-16-18-12(9-15(22)19-16)11-5-3-2-4-6-11/h2-9H,1H3,(H2,18,19,21,22)/b20-10+. The molecule has 0 aliphatic carbocycles. The zero-order chi connectivity index (χ0) is 16.2. The van der Waals surface area contributed by atoms with E-state index in [0.717, 1.165) is 19.9 Å². The van der Waals surface area contributed by atoms with Gasteiger partial charge in [-0.1, -0.05) is 30.3 Å². The van der Waals surface area contributed by atoms with Crippen molar-refractivity contribution >= 4 is 38.9 Å². The molecule has 0 radical (unpaired) electrons. The van der Waals surface area contributed by atoms with Crippen LogP contribution in [0.1, 0.15) is 11.8 Å². The van der Waals surface area contributed by atoms with E-state index in [2.05, 4.69) is 36.4 Å². The third-order valence-electron chi connectivity index (χ3n) is 3.07. The third-order valence-corrected chi connectivity index (χ3v) is 4.80. The fourth-order valence-electron chi connectivity index (χ4n) is 1.97. The average molecular weight is 389 g/mol. The van der Waals surface area contributed by atoms with Crippen LogP contribution in [0.3, 0.4) is 0 Å². The van der Waals surface area contributed by atoms with Crippen LogP contribution >= 0.6 is 27.3 Å². The molecule has 0 fully saturated rings. The molecule has 7 heteroatoms. The molecule has 2 heterocycles. The molecule has 2 aromatic heterocycles. The summed E-state index contributed by atoms with van der Waals surface area (Å²) < 4.78 is 1.04. The van der Waals surface area contributed by atoms with Gasteiger partial charge in [0, 0.05) is 11.6 Å². The molecule has 3 aromatic rings. The summed E-state index contributed by atoms with van der Waals surface area (Å²) in [5, 5.41) is 4.28. The quantitative estimate of drug-likeness (QED) is 0.522. The van der Waals surface area contributed by atoms with Crippen molar-refractivity contribution in [3.63, 3.8) is 0 Å². The molecular weight excluding hydrogens is 376 g/mol. The average Bonchev–Trinajstić information content (AvgIpc) is 2.99. The van der Waals surface area contributed by atoms with E-state index in [1.54, 1.807) is 11.3 Å². The van der Waals surface area contributed by atoms with Crippen molar-refractivity contribution in [1.82, 2.24) is 9.97 Å². The molecule has 116 valence electrons. The van der Waals surface area contributed by atoms with E-state index in [9.17, 15) is 4.79 Å². The number of rotatable bonds is 4. The van der Waals surface area contributed by atoms with Gasteiger partial charge in [0.15, 0.2) is 0 Å². The fourth-order valence-corrected chi connectivity index (χ4v) is 3.30. The number of thiophene rings is 1. The second-order valence-electron chi connectivity index (χ2n) is 4.76. The fraction of sp³-hybridized carbons (Fsp3) is 0.0625. The number of aromatic nitrogens is 2. The highest BCUT2D eigenvalue weighted by Gasteiger charge is 2.05. The van der Waals surface area contributed by atoms with E-state index in [0.29, 0.717) is 11.6 Å². The van der Waals surface area contributed by atoms with Crippen LogP contribution in [0.2, 0.25) is 0 Å². The SMILES string of the molecule is C/C(=N\Nc1nc(-c2ccccc2)cc(=O)[nH]1)c1ccc(Br)s1. The summed E-state index contributed by atoms with van der Waals surface area (Å²) in [7, 11) is 0. The van der Waals surface area contributed by atoms with Gasteiger partial charge in [-0.15, -0.1) is 11.3 Å². The lowest BCUT2D eigenvalue weighted by atomic mass is 10.1. The van der Waals surface area contributed by atoms with Crippen LogP contribution in [0.25, 0.3) is 11.3 Å². The molecule has 0 saturated carbocycles. The van der Waals surface area contributed by atoms with E-state index in [-0.39, 0.29) is 5.56 Å². The van der Waals surface area contributed by atoms with Crippen LogP contribution in [0.5, 0.6) is 0 Å². The third kappa shape index (κ3) is 3.94. The van der Waals surface area contributed by atoms with Crippen molar-refractivity contribution in [2.24, 2.45) is 5.10 Å². The van der Waals surface area contributed by atoms with Crippen LogP contribution < -0.4 is 11.0 Å². The molecule has 23 heavy (non-hydrogen) atoms. The minimum Gasteiger partial charge on any atom is -0.291 e. The maximum atomic E-state index is 11.8. The highest BCUT2D eigenvalue weighted by atomic mass is 79.9. The predicted molar refractivity (Wildman–Crippen MR) is 98.1 cm³/mol. The highest BCUT2D eigenvalue weighted by Crippen LogP contribution is 2.22. The summed E-state index contributed by atoms with van der Waals surface area (Å²) in [6.07, 6.45) is 0. The zero-order valence-corrected chi connectivity index (χ0v) is 14.6. The Morgan fingerprint density at radius 2 is 2.04 bits per heavy atom. The van der Waals surface area contributed by atoms with Gasteiger partial charge in [0.25, 0.3) is 5.56 Å². The normalized spacial score (nSPS) is 11.5. The van der Waals surface area contributed by atoms with Crippen molar-refractivity contribution in [3.05, 3.63) is 67.5 Å². The molecule has 0 amide bonds. The number of aromatic amines is 1. The molecule has 2 N–H and O–H groups in total. The summed E-state index contributed by atoms with van der Waals surface area (Å²) >= 11 is 5.01. The number of nitrogens with zero attached hydrogens (tertiary/aromatic N) is 2. The number of hydrogen-bond acceptors (Lipinski definition) is 5. The van der Waals surface area contributed by atoms with Crippen molar-refractivity contribution in [1.29, 1.82) is 0 Å². The molecule has 0 atom stereocenters. The Morgan fingerprint density at radius 3 is 2.74 bits per heavy atom. The minimum absolute atomic E-state index is 0.229. The van der Waals surface area contributed by atoms with Gasteiger partial charge < -0.3 is 0 Å². The van der Waals surface area contributed by atoms with Gasteiger partial charge in [-0.05, 0) is 35.0 Å². The van der Waals surface area contributed by atoms with Crippen LogP contribution in [-0.2, 0) is 0 Å². The first-order valence-electron chi connectivity index (χ1n) is 6.84. The summed E-state index contributed by atoms with van der Waals surface area (Å²) in [5.74, 6) is 0.311. The first-order chi connectivity index (χ1) is 11.1. The van der Waals surface area contributed by atoms with E-state index < -0.39 is 0 Å². The molecule has 0 unspecified atom stereocenters. The maximum absolute atomic E-state index is 11.8. The minimum atomic E-state index is -0.229. The number of benzene rings is 1. The number of hydrogen-bond donors (Lipinski definition) is 2. The smallest absolute Gasteiger partial charge is 0.252 e. The topological polar surface area (TPSA) is 70.1 Å². The number of nitrogens with one attached hydrogen (secondary N) is 2. The van der Waals surface area contributed by atoms with Crippen molar-refractivity contribution in [2.75, 3.05) is 5.43 Å². The van der Waals surface area contributed by atoms with Crippen LogP contribution in [-0.4, -0.2) is 15.7 Å². The van der Waals surface area contributed by atoms with Crippen molar-refractivity contribution in [2.45, 2.75) is 6.92 Å². The molecule has 0 bridgehead atoms. The second-order valence-corrected chi connectivity index (χ2v) is 7.22. The lowest BCUT2D eigenvalue weighted by Crippen LogP contribution is -2.11. The summed E-state index contributed by atoms with van der Waals surface area (Å²) in [4.78, 5) is 19.9. The highest BCUT2D eigenvalue weighted by molar-refractivity contribution is 9.11. The van der Waals surface area contributed by atoms with E-state index in [1.807, 2.05) is 49.4 Å². The Bertz CT molecular complexity index is 902. The first-order valence-corrected chi connectivity index (χ1v) is 8.45. The van der Waals surface area contributed by atoms with Crippen LogP contribution in [0, 0.1) is 0 Å². The molecule has 1 aromatic carbocycles. The summed E-state index contributed by atoms with van der Waals surface area (Å²) in [6.45, 7) is 1.89. The lowest BCUT2D eigenvalue weighted by molar-refractivity contribution is 1.08. The molecule has 0 saturated heterocycles. The van der Waals surface area contributed by atoms with Gasteiger partial charge in [-0.2, -0.15) is 5.10 Å². The zero-order valence-electron chi connectivity index (χ0n) is 12.2. The van der Waals surface area contributed by atoms with E-state index in [4.69, 9.17) is 0 Å². The maximum Gasteiger partial charge on any atom is 0.252 e.